The van der Waals surface area contributed by atoms with E-state index >= 15 is 0 Å². The molecule has 0 radical (unpaired) electrons. The van der Waals surface area contributed by atoms with Crippen molar-refractivity contribution >= 4 is 10.9 Å². The van der Waals surface area contributed by atoms with Crippen molar-refractivity contribution in [1.29, 1.82) is 0 Å². The summed E-state index contributed by atoms with van der Waals surface area (Å²) >= 11 is 0. The van der Waals surface area contributed by atoms with Crippen molar-refractivity contribution in [3.8, 4) is 11.5 Å². The van der Waals surface area contributed by atoms with Crippen molar-refractivity contribution in [3.05, 3.63) is 60.0 Å². The van der Waals surface area contributed by atoms with Crippen LogP contribution in [0.4, 0.5) is 4.39 Å². The molecule has 1 aromatic heterocycles. The normalized spacial score (nSPS) is 11.0. The lowest BCUT2D eigenvalue weighted by Gasteiger charge is -2.06. The minimum atomic E-state index is -0.233. The monoisotopic (exact) mass is 285 g/mol. The predicted octanol–water partition coefficient (Wildman–Crippen LogP) is 4.08. The lowest BCUT2D eigenvalue weighted by Crippen LogP contribution is -1.95. The van der Waals surface area contributed by atoms with Crippen molar-refractivity contribution < 1.29 is 14.2 Å². The quantitative estimate of drug-likeness (QED) is 0.783. The summed E-state index contributed by atoms with van der Waals surface area (Å²) in [5.74, 6) is 0.289. The average molecular weight is 285 g/mol. The van der Waals surface area contributed by atoms with Gasteiger partial charge in [0.1, 0.15) is 12.4 Å². The van der Waals surface area contributed by atoms with Gasteiger partial charge in [-0.15, -0.1) is 0 Å². The molecule has 21 heavy (non-hydrogen) atoms. The minimum absolute atomic E-state index is 0.0999. The summed E-state index contributed by atoms with van der Waals surface area (Å²) in [5, 5.41) is 10.5. The Morgan fingerprint density at radius 3 is 2.71 bits per heavy atom. The first-order chi connectivity index (χ1) is 10.2. The zero-order valence-electron chi connectivity index (χ0n) is 11.7. The van der Waals surface area contributed by atoms with Crippen LogP contribution in [-0.2, 0) is 13.2 Å². The zero-order chi connectivity index (χ0) is 14.8. The topological polar surface area (TPSA) is 34.4 Å². The van der Waals surface area contributed by atoms with Crippen LogP contribution in [0.1, 0.15) is 12.5 Å². The smallest absolute Gasteiger partial charge is 0.161 e. The summed E-state index contributed by atoms with van der Waals surface area (Å²) in [4.78, 5) is 0. The molecule has 0 saturated carbocycles. The maximum Gasteiger partial charge on any atom is 0.161 e. The van der Waals surface area contributed by atoms with Crippen LogP contribution in [0.2, 0.25) is 0 Å². The number of hydrogen-bond donors (Lipinski definition) is 1. The summed E-state index contributed by atoms with van der Waals surface area (Å²) in [6.07, 6.45) is 1.90. The number of rotatable bonds is 4. The number of benzene rings is 2. The van der Waals surface area contributed by atoms with E-state index in [1.54, 1.807) is 30.3 Å². The highest BCUT2D eigenvalue weighted by atomic mass is 19.1. The molecule has 0 bridgehead atoms. The molecule has 0 aliphatic carbocycles. The summed E-state index contributed by atoms with van der Waals surface area (Å²) in [6.45, 7) is 2.94. The molecule has 108 valence electrons. The average Bonchev–Trinajstić information content (AvgIpc) is 2.86. The molecule has 3 rings (SSSR count). The fraction of sp³-hybridized carbons (Fsp3) is 0.176. The molecule has 0 aliphatic heterocycles. The van der Waals surface area contributed by atoms with E-state index in [0.29, 0.717) is 17.8 Å². The third-order valence-electron chi connectivity index (χ3n) is 3.52. The minimum Gasteiger partial charge on any atom is -0.504 e. The molecule has 0 aliphatic rings. The van der Waals surface area contributed by atoms with Gasteiger partial charge in [0, 0.05) is 23.7 Å². The van der Waals surface area contributed by atoms with Gasteiger partial charge < -0.3 is 14.4 Å². The molecule has 4 heteroatoms. The zero-order valence-corrected chi connectivity index (χ0v) is 11.7. The summed E-state index contributed by atoms with van der Waals surface area (Å²) in [7, 11) is 0. The molecule has 0 atom stereocenters. The second-order valence-electron chi connectivity index (χ2n) is 4.83. The van der Waals surface area contributed by atoms with E-state index in [9.17, 15) is 9.50 Å². The van der Waals surface area contributed by atoms with Gasteiger partial charge >= 0.3 is 0 Å². The largest absolute Gasteiger partial charge is 0.504 e. The van der Waals surface area contributed by atoms with Gasteiger partial charge in [0.25, 0.3) is 0 Å². The van der Waals surface area contributed by atoms with E-state index in [1.165, 1.54) is 6.07 Å². The Morgan fingerprint density at radius 1 is 1.14 bits per heavy atom. The van der Waals surface area contributed by atoms with Gasteiger partial charge in [-0.05, 0) is 25.1 Å². The highest BCUT2D eigenvalue weighted by molar-refractivity contribution is 5.84. The van der Waals surface area contributed by atoms with Crippen molar-refractivity contribution in [2.75, 3.05) is 0 Å². The Hall–Kier alpha value is -2.49. The maximum absolute atomic E-state index is 14.0. The molecule has 3 nitrogen and oxygen atoms in total. The van der Waals surface area contributed by atoms with E-state index in [2.05, 4.69) is 0 Å². The third kappa shape index (κ3) is 2.44. The van der Waals surface area contributed by atoms with Crippen LogP contribution in [0.25, 0.3) is 10.9 Å². The van der Waals surface area contributed by atoms with Gasteiger partial charge in [-0.25, -0.2) is 4.39 Å². The first-order valence-electron chi connectivity index (χ1n) is 6.87. The highest BCUT2D eigenvalue weighted by Gasteiger charge is 2.12. The van der Waals surface area contributed by atoms with Gasteiger partial charge in [0.15, 0.2) is 11.5 Å². The third-order valence-corrected chi connectivity index (χ3v) is 3.52. The van der Waals surface area contributed by atoms with Crippen molar-refractivity contribution in [1.82, 2.24) is 4.57 Å². The molecule has 0 saturated heterocycles. The summed E-state index contributed by atoms with van der Waals surface area (Å²) in [5.41, 5.74) is 1.49. The molecule has 0 spiro atoms. The number of halogens is 1. The van der Waals surface area contributed by atoms with Crippen LogP contribution in [0.3, 0.4) is 0 Å². The van der Waals surface area contributed by atoms with E-state index in [0.717, 1.165) is 10.9 Å². The number of phenols is 1. The number of phenolic OH excluding ortho intramolecular Hbond substituents is 1. The molecule has 3 aromatic rings. The van der Waals surface area contributed by atoms with Crippen LogP contribution < -0.4 is 4.74 Å². The maximum atomic E-state index is 14.0. The summed E-state index contributed by atoms with van der Waals surface area (Å²) < 4.78 is 21.5. The van der Waals surface area contributed by atoms with Crippen LogP contribution in [0.15, 0.2) is 48.7 Å². The molecule has 1 heterocycles. The van der Waals surface area contributed by atoms with Crippen LogP contribution in [-0.4, -0.2) is 9.67 Å². The Kier molecular flexibility index (Phi) is 3.52. The standard InChI is InChI=1S/C17H16FNO2/c1-2-19-10-12(13-6-5-7-14(18)17(13)19)11-21-16-9-4-3-8-15(16)20/h3-10,20H,2,11H2,1H3. The second kappa shape index (κ2) is 5.48. The first kappa shape index (κ1) is 13.5. The molecule has 0 unspecified atom stereocenters. The molecular weight excluding hydrogens is 269 g/mol. The van der Waals surface area contributed by atoms with Gasteiger partial charge in [0.2, 0.25) is 0 Å². The van der Waals surface area contributed by atoms with Crippen LogP contribution >= 0.6 is 0 Å². The Bertz CT molecular complexity index is 780. The van der Waals surface area contributed by atoms with Gasteiger partial charge in [0.05, 0.1) is 5.52 Å². The van der Waals surface area contributed by atoms with E-state index < -0.39 is 0 Å². The number of aryl methyl sites for hydroxylation is 1. The number of fused-ring (bicyclic) bond motifs is 1. The van der Waals surface area contributed by atoms with Crippen molar-refractivity contribution in [3.63, 3.8) is 0 Å². The number of aromatic hydroxyl groups is 1. The molecular formula is C17H16FNO2. The SMILES string of the molecule is CCn1cc(COc2ccccc2O)c2cccc(F)c21. The number of hydrogen-bond acceptors (Lipinski definition) is 2. The first-order valence-corrected chi connectivity index (χ1v) is 6.87. The lowest BCUT2D eigenvalue weighted by molar-refractivity contribution is 0.290. The molecule has 2 aromatic carbocycles. The molecule has 1 N–H and O–H groups in total. The second-order valence-corrected chi connectivity index (χ2v) is 4.83. The number of nitrogens with zero attached hydrogens (tertiary/aromatic N) is 1. The lowest BCUT2D eigenvalue weighted by atomic mass is 10.2. The Morgan fingerprint density at radius 2 is 1.95 bits per heavy atom. The number of aromatic nitrogens is 1. The van der Waals surface area contributed by atoms with E-state index in [1.807, 2.05) is 23.8 Å². The van der Waals surface area contributed by atoms with Gasteiger partial charge in [-0.1, -0.05) is 24.3 Å². The Balaban J connectivity index is 1.95. The number of para-hydroxylation sites is 3. The van der Waals surface area contributed by atoms with Crippen molar-refractivity contribution in [2.24, 2.45) is 0 Å². The number of ether oxygens (including phenoxy) is 1. The van der Waals surface area contributed by atoms with E-state index in [4.69, 9.17) is 4.74 Å². The predicted molar refractivity (Wildman–Crippen MR) is 80.0 cm³/mol. The summed E-state index contributed by atoms with van der Waals surface area (Å²) in [6, 6.07) is 11.8. The van der Waals surface area contributed by atoms with E-state index in [-0.39, 0.29) is 18.2 Å². The Labute approximate surface area is 122 Å². The highest BCUT2D eigenvalue weighted by Crippen LogP contribution is 2.28. The van der Waals surface area contributed by atoms with Crippen LogP contribution in [0.5, 0.6) is 11.5 Å². The molecule has 0 amide bonds. The van der Waals surface area contributed by atoms with Gasteiger partial charge in [-0.2, -0.15) is 0 Å². The van der Waals surface area contributed by atoms with Gasteiger partial charge in [-0.3, -0.25) is 0 Å². The fourth-order valence-corrected chi connectivity index (χ4v) is 2.49. The van der Waals surface area contributed by atoms with Crippen LogP contribution in [0, 0.1) is 5.82 Å². The molecule has 0 fully saturated rings. The van der Waals surface area contributed by atoms with Crippen molar-refractivity contribution in [2.45, 2.75) is 20.1 Å². The fourth-order valence-electron chi connectivity index (χ4n) is 2.49.